The molecule has 0 fully saturated rings. The number of aromatic hydroxyl groups is 1. The molecule has 1 aliphatic rings. The Hall–Kier alpha value is -1.53. The zero-order chi connectivity index (χ0) is 11.8. The van der Waals surface area contributed by atoms with Gasteiger partial charge < -0.3 is 9.84 Å². The normalized spacial score (nSPS) is 17.8. The van der Waals surface area contributed by atoms with Gasteiger partial charge in [0.05, 0.1) is 6.20 Å². The highest BCUT2D eigenvalue weighted by Gasteiger charge is 2.30. The second kappa shape index (κ2) is 3.80. The summed E-state index contributed by atoms with van der Waals surface area (Å²) in [6, 6.07) is 5.71. The lowest BCUT2D eigenvalue weighted by atomic mass is 10.3. The van der Waals surface area contributed by atoms with Gasteiger partial charge in [-0.15, -0.1) is 0 Å². The number of phenols is 1. The molecule has 5 nitrogen and oxygen atoms in total. The lowest BCUT2D eigenvalue weighted by Gasteiger charge is -2.04. The van der Waals surface area contributed by atoms with Crippen molar-refractivity contribution in [2.24, 2.45) is 4.99 Å². The number of hydrogen-bond acceptors (Lipinski definition) is 5. The summed E-state index contributed by atoms with van der Waals surface area (Å²) in [5.74, 6) is 0.134. The largest absolute Gasteiger partial charge is 0.508 e. The minimum absolute atomic E-state index is 0.0347. The third kappa shape index (κ3) is 1.89. The first-order chi connectivity index (χ1) is 7.50. The summed E-state index contributed by atoms with van der Waals surface area (Å²) in [5, 5.41) is 8.66. The van der Waals surface area contributed by atoms with E-state index in [1.165, 1.54) is 24.3 Å². The van der Waals surface area contributed by atoms with Gasteiger partial charge in [0.25, 0.3) is 9.84 Å². The van der Waals surface area contributed by atoms with E-state index in [9.17, 15) is 8.42 Å². The van der Waals surface area contributed by atoms with E-state index in [0.717, 1.165) is 6.20 Å². The van der Waals surface area contributed by atoms with Crippen molar-refractivity contribution in [3.63, 3.8) is 0 Å². The molecule has 2 rings (SSSR count). The van der Waals surface area contributed by atoms with Crippen LogP contribution in [0, 0.1) is 0 Å². The van der Waals surface area contributed by atoms with Gasteiger partial charge in [0.1, 0.15) is 11.5 Å². The van der Waals surface area contributed by atoms with Crippen LogP contribution in [0.25, 0.3) is 0 Å². The molecule has 0 saturated carbocycles. The number of halogens is 1. The molecule has 0 radical (unpaired) electrons. The lowest BCUT2D eigenvalue weighted by molar-refractivity contribution is 0.469. The fraction of sp³-hybridized carbons (Fsp3) is 0. The van der Waals surface area contributed by atoms with Gasteiger partial charge in [-0.25, -0.2) is 13.4 Å². The minimum atomic E-state index is -3.80. The third-order valence-corrected chi connectivity index (χ3v) is 3.76. The Kier molecular flexibility index (Phi) is 2.61. The molecule has 0 atom stereocenters. The molecule has 84 valence electrons. The van der Waals surface area contributed by atoms with Crippen LogP contribution in [0.15, 0.2) is 39.8 Å². The molecule has 0 amide bonds. The van der Waals surface area contributed by atoms with Crippen molar-refractivity contribution in [3.05, 3.63) is 34.8 Å². The van der Waals surface area contributed by atoms with E-state index >= 15 is 0 Å². The van der Waals surface area contributed by atoms with E-state index in [1.54, 1.807) is 0 Å². The highest BCUT2D eigenvalue weighted by atomic mass is 35.5. The van der Waals surface area contributed by atoms with Gasteiger partial charge in [-0.3, -0.25) is 0 Å². The van der Waals surface area contributed by atoms with Crippen molar-refractivity contribution in [2.75, 3.05) is 0 Å². The Labute approximate surface area is 96.6 Å². The maximum atomic E-state index is 11.5. The maximum Gasteiger partial charge on any atom is 0.321 e. The standard InChI is InChI=1S/C9H6ClNO4S/c10-8-5-11-9(16(8,13)14)15-7-3-1-2-6(12)4-7/h1-5,12H. The van der Waals surface area contributed by atoms with E-state index in [-0.39, 0.29) is 15.9 Å². The molecular formula is C9H6ClNO4S. The quantitative estimate of drug-likeness (QED) is 0.831. The Bertz CT molecular complexity index is 591. The number of rotatable bonds is 1. The molecule has 0 saturated heterocycles. The molecule has 0 unspecified atom stereocenters. The first-order valence-corrected chi connectivity index (χ1v) is 6.02. The van der Waals surface area contributed by atoms with Crippen LogP contribution in [0.4, 0.5) is 0 Å². The Morgan fingerprint density at radius 3 is 2.69 bits per heavy atom. The van der Waals surface area contributed by atoms with Gasteiger partial charge >= 0.3 is 5.23 Å². The van der Waals surface area contributed by atoms with Gasteiger partial charge in [-0.05, 0) is 12.1 Å². The number of aliphatic imine (C=N–C) groups is 1. The number of benzene rings is 1. The minimum Gasteiger partial charge on any atom is -0.508 e. The number of hydrogen-bond donors (Lipinski definition) is 1. The molecule has 7 heteroatoms. The predicted octanol–water partition coefficient (Wildman–Crippen LogP) is 1.59. The summed E-state index contributed by atoms with van der Waals surface area (Å²) in [5.41, 5.74) is 0. The summed E-state index contributed by atoms with van der Waals surface area (Å²) >= 11 is 5.43. The van der Waals surface area contributed by atoms with Crippen molar-refractivity contribution in [1.82, 2.24) is 0 Å². The van der Waals surface area contributed by atoms with Gasteiger partial charge in [0.15, 0.2) is 4.36 Å². The SMILES string of the molecule is O=S1(=O)C(Cl)=CN=C1Oc1cccc(O)c1. The Morgan fingerprint density at radius 1 is 1.38 bits per heavy atom. The predicted molar refractivity (Wildman–Crippen MR) is 59.0 cm³/mol. The second-order valence-corrected chi connectivity index (χ2v) is 5.36. The molecule has 1 heterocycles. The van der Waals surface area contributed by atoms with E-state index in [4.69, 9.17) is 21.4 Å². The smallest absolute Gasteiger partial charge is 0.321 e. The summed E-state index contributed by atoms with van der Waals surface area (Å²) < 4.78 is 27.5. The number of phenolic OH excluding ortho intramolecular Hbond substituents is 1. The van der Waals surface area contributed by atoms with Crippen molar-refractivity contribution < 1.29 is 18.3 Å². The molecular weight excluding hydrogens is 254 g/mol. The fourth-order valence-corrected chi connectivity index (χ4v) is 2.06. The third-order valence-electron chi connectivity index (χ3n) is 1.78. The van der Waals surface area contributed by atoms with Crippen molar-refractivity contribution in [2.45, 2.75) is 0 Å². The summed E-state index contributed by atoms with van der Waals surface area (Å²) in [6.07, 6.45) is 0.995. The van der Waals surface area contributed by atoms with Crippen LogP contribution in [0.5, 0.6) is 11.5 Å². The topological polar surface area (TPSA) is 76.0 Å². The van der Waals surface area contributed by atoms with Crippen LogP contribution in [0.2, 0.25) is 0 Å². The zero-order valence-electron chi connectivity index (χ0n) is 7.79. The van der Waals surface area contributed by atoms with Gasteiger partial charge in [0, 0.05) is 6.07 Å². The van der Waals surface area contributed by atoms with Crippen LogP contribution >= 0.6 is 11.6 Å². The Balaban J connectivity index is 2.26. The van der Waals surface area contributed by atoms with Crippen LogP contribution in [0.1, 0.15) is 0 Å². The van der Waals surface area contributed by atoms with Crippen LogP contribution < -0.4 is 4.74 Å². The number of nitrogens with zero attached hydrogens (tertiary/aromatic N) is 1. The highest BCUT2D eigenvalue weighted by Crippen LogP contribution is 2.24. The first kappa shape index (κ1) is 11.0. The van der Waals surface area contributed by atoms with Crippen molar-refractivity contribution in [3.8, 4) is 11.5 Å². The average molecular weight is 260 g/mol. The number of sulfone groups is 1. The average Bonchev–Trinajstić information content (AvgIpc) is 2.45. The van der Waals surface area contributed by atoms with E-state index in [1.807, 2.05) is 0 Å². The highest BCUT2D eigenvalue weighted by molar-refractivity contribution is 8.10. The second-order valence-electron chi connectivity index (χ2n) is 2.93. The summed E-state index contributed by atoms with van der Waals surface area (Å²) in [7, 11) is -3.80. The van der Waals surface area contributed by atoms with Crippen LogP contribution in [-0.2, 0) is 9.84 Å². The van der Waals surface area contributed by atoms with E-state index < -0.39 is 15.1 Å². The molecule has 1 N–H and O–H groups in total. The summed E-state index contributed by atoms with van der Waals surface area (Å²) in [4.78, 5) is 3.53. The van der Waals surface area contributed by atoms with Crippen LogP contribution in [-0.4, -0.2) is 18.8 Å². The van der Waals surface area contributed by atoms with Gasteiger partial charge in [0.2, 0.25) is 0 Å². The van der Waals surface area contributed by atoms with Gasteiger partial charge in [-0.2, -0.15) is 0 Å². The molecule has 1 aromatic carbocycles. The van der Waals surface area contributed by atoms with E-state index in [0.29, 0.717) is 0 Å². The first-order valence-electron chi connectivity index (χ1n) is 4.15. The van der Waals surface area contributed by atoms with Crippen LogP contribution in [0.3, 0.4) is 0 Å². The molecule has 1 aromatic rings. The molecule has 0 spiro atoms. The maximum absolute atomic E-state index is 11.5. The Morgan fingerprint density at radius 2 is 2.12 bits per heavy atom. The lowest BCUT2D eigenvalue weighted by Crippen LogP contribution is -2.17. The molecule has 16 heavy (non-hydrogen) atoms. The molecule has 1 aliphatic heterocycles. The number of ether oxygens (including phenoxy) is 1. The molecule has 0 bridgehead atoms. The zero-order valence-corrected chi connectivity index (χ0v) is 9.36. The van der Waals surface area contributed by atoms with E-state index in [2.05, 4.69) is 4.99 Å². The summed E-state index contributed by atoms with van der Waals surface area (Å²) in [6.45, 7) is 0. The fourth-order valence-electron chi connectivity index (χ4n) is 1.05. The van der Waals surface area contributed by atoms with Crippen molar-refractivity contribution >= 4 is 26.7 Å². The molecule has 0 aliphatic carbocycles. The monoisotopic (exact) mass is 259 g/mol. The van der Waals surface area contributed by atoms with Gasteiger partial charge in [-0.1, -0.05) is 17.7 Å². The van der Waals surface area contributed by atoms with Crippen molar-refractivity contribution in [1.29, 1.82) is 0 Å². The molecule has 0 aromatic heterocycles.